The van der Waals surface area contributed by atoms with E-state index in [4.69, 9.17) is 4.74 Å². The van der Waals surface area contributed by atoms with Gasteiger partial charge in [0.05, 0.1) is 12.7 Å². The number of rotatable bonds is 8. The van der Waals surface area contributed by atoms with Gasteiger partial charge in [0.1, 0.15) is 12.4 Å². The maximum absolute atomic E-state index is 5.63. The van der Waals surface area contributed by atoms with Gasteiger partial charge in [-0.05, 0) is 37.1 Å². The van der Waals surface area contributed by atoms with Crippen molar-refractivity contribution in [3.05, 3.63) is 54.9 Å². The molecule has 1 aromatic carbocycles. The van der Waals surface area contributed by atoms with Gasteiger partial charge in [0, 0.05) is 29.4 Å². The molecule has 140 valence electrons. The molecule has 1 heterocycles. The highest BCUT2D eigenvalue weighted by molar-refractivity contribution is 14.0. The number of guanidine groups is 1. The molecule has 2 aromatic rings. The number of nitrogens with one attached hydrogen (secondary N) is 2. The topological polar surface area (TPSA) is 58.5 Å². The molecule has 0 atom stereocenters. The Morgan fingerprint density at radius 2 is 2.00 bits per heavy atom. The molecule has 26 heavy (non-hydrogen) atoms. The molecule has 5 nitrogen and oxygen atoms in total. The molecule has 0 bridgehead atoms. The Labute approximate surface area is 176 Å². The molecule has 1 aromatic heterocycles. The van der Waals surface area contributed by atoms with Crippen LogP contribution in [0.4, 0.5) is 0 Å². The van der Waals surface area contributed by atoms with Crippen LogP contribution in [-0.2, 0) is 0 Å². The molecule has 1 aliphatic rings. The number of ether oxygens (including phenoxy) is 1. The average molecular weight is 484 g/mol. The highest BCUT2D eigenvalue weighted by Crippen LogP contribution is 2.51. The molecule has 3 rings (SSSR count). The van der Waals surface area contributed by atoms with E-state index in [0.29, 0.717) is 17.9 Å². The van der Waals surface area contributed by atoms with E-state index in [1.165, 1.54) is 17.7 Å². The van der Waals surface area contributed by atoms with Crippen molar-refractivity contribution in [3.8, 4) is 5.75 Å². The number of thioether (sulfide) groups is 1. The molecule has 0 amide bonds. The molecular formula is C19H25IN4OS. The third-order valence-corrected chi connectivity index (χ3v) is 5.48. The van der Waals surface area contributed by atoms with Gasteiger partial charge < -0.3 is 15.4 Å². The van der Waals surface area contributed by atoms with Crippen molar-refractivity contribution in [1.82, 2.24) is 15.6 Å². The van der Waals surface area contributed by atoms with Crippen LogP contribution in [0, 0.1) is 0 Å². The van der Waals surface area contributed by atoms with Crippen LogP contribution in [0.15, 0.2) is 64.7 Å². The van der Waals surface area contributed by atoms with Crippen molar-refractivity contribution in [2.75, 3.05) is 26.7 Å². The van der Waals surface area contributed by atoms with Crippen LogP contribution in [0.3, 0.4) is 0 Å². The Balaban J connectivity index is 0.00000243. The first kappa shape index (κ1) is 20.8. The third-order valence-electron chi connectivity index (χ3n) is 3.98. The van der Waals surface area contributed by atoms with Crippen LogP contribution in [-0.4, -0.2) is 42.4 Å². The number of hydrogen-bond donors (Lipinski definition) is 2. The van der Waals surface area contributed by atoms with E-state index >= 15 is 0 Å². The largest absolute Gasteiger partial charge is 0.490 e. The van der Waals surface area contributed by atoms with Crippen molar-refractivity contribution < 1.29 is 4.74 Å². The molecule has 0 spiro atoms. The van der Waals surface area contributed by atoms with E-state index in [9.17, 15) is 0 Å². The van der Waals surface area contributed by atoms with Crippen LogP contribution in [0.1, 0.15) is 12.8 Å². The zero-order chi connectivity index (χ0) is 17.4. The van der Waals surface area contributed by atoms with Gasteiger partial charge in [0.25, 0.3) is 0 Å². The predicted molar refractivity (Wildman–Crippen MR) is 119 cm³/mol. The first-order chi connectivity index (χ1) is 12.3. The second-order valence-electron chi connectivity index (χ2n) is 5.99. The number of aromatic nitrogens is 1. The van der Waals surface area contributed by atoms with E-state index in [-0.39, 0.29) is 24.0 Å². The van der Waals surface area contributed by atoms with Crippen molar-refractivity contribution in [2.45, 2.75) is 22.5 Å². The van der Waals surface area contributed by atoms with E-state index in [2.05, 4.69) is 50.9 Å². The number of aliphatic imine (C=N–C) groups is 1. The lowest BCUT2D eigenvalue weighted by Gasteiger charge is -2.18. The number of halogens is 1. The van der Waals surface area contributed by atoms with E-state index in [0.717, 1.165) is 18.3 Å². The Morgan fingerprint density at radius 3 is 2.65 bits per heavy atom. The molecule has 0 unspecified atom stereocenters. The SMILES string of the molecule is CN=C(NCCOc1cccnc1)NCC1(Sc2ccccc2)CC1.I. The van der Waals surface area contributed by atoms with E-state index in [1.54, 1.807) is 19.4 Å². The molecule has 1 aliphatic carbocycles. The second-order valence-corrected chi connectivity index (χ2v) is 7.53. The van der Waals surface area contributed by atoms with Crippen molar-refractivity contribution in [3.63, 3.8) is 0 Å². The minimum Gasteiger partial charge on any atom is -0.490 e. The Hall–Kier alpha value is -1.48. The van der Waals surface area contributed by atoms with E-state index < -0.39 is 0 Å². The fraction of sp³-hybridized carbons (Fsp3) is 0.368. The van der Waals surface area contributed by atoms with Gasteiger partial charge in [-0.15, -0.1) is 35.7 Å². The molecule has 0 aliphatic heterocycles. The minimum atomic E-state index is 0. The third kappa shape index (κ3) is 6.68. The van der Waals surface area contributed by atoms with Gasteiger partial charge in [-0.3, -0.25) is 9.98 Å². The highest BCUT2D eigenvalue weighted by atomic mass is 127. The van der Waals surface area contributed by atoms with Crippen LogP contribution < -0.4 is 15.4 Å². The normalized spacial score (nSPS) is 14.9. The zero-order valence-electron chi connectivity index (χ0n) is 14.9. The summed E-state index contributed by atoms with van der Waals surface area (Å²) in [7, 11) is 1.79. The average Bonchev–Trinajstić information content (AvgIpc) is 3.42. The van der Waals surface area contributed by atoms with Crippen LogP contribution in [0.25, 0.3) is 0 Å². The Morgan fingerprint density at radius 1 is 1.19 bits per heavy atom. The number of nitrogens with zero attached hydrogens (tertiary/aromatic N) is 2. The monoisotopic (exact) mass is 484 g/mol. The van der Waals surface area contributed by atoms with Gasteiger partial charge in [0.2, 0.25) is 0 Å². The predicted octanol–water partition coefficient (Wildman–Crippen LogP) is 3.57. The summed E-state index contributed by atoms with van der Waals surface area (Å²) in [6, 6.07) is 14.4. The molecule has 0 saturated heterocycles. The number of benzene rings is 1. The standard InChI is InChI=1S/C19H24N4OS.HI/c1-20-18(22-12-13-24-16-6-5-11-21-14-16)23-15-19(9-10-19)25-17-7-3-2-4-8-17;/h2-8,11,14H,9-10,12-13,15H2,1H3,(H2,20,22,23);1H. The fourth-order valence-electron chi connectivity index (χ4n) is 2.43. The molecule has 7 heteroatoms. The summed E-state index contributed by atoms with van der Waals surface area (Å²) in [5, 5.41) is 6.73. The van der Waals surface area contributed by atoms with Gasteiger partial charge >= 0.3 is 0 Å². The van der Waals surface area contributed by atoms with Gasteiger partial charge in [-0.1, -0.05) is 18.2 Å². The molecule has 2 N–H and O–H groups in total. The van der Waals surface area contributed by atoms with Gasteiger partial charge in [-0.25, -0.2) is 0 Å². The van der Waals surface area contributed by atoms with Gasteiger partial charge in [-0.2, -0.15) is 0 Å². The number of hydrogen-bond acceptors (Lipinski definition) is 4. The summed E-state index contributed by atoms with van der Waals surface area (Å²) in [5.74, 6) is 1.60. The summed E-state index contributed by atoms with van der Waals surface area (Å²) < 4.78 is 5.92. The lowest BCUT2D eigenvalue weighted by Crippen LogP contribution is -2.42. The van der Waals surface area contributed by atoms with E-state index in [1.807, 2.05) is 23.9 Å². The van der Waals surface area contributed by atoms with Crippen molar-refractivity contribution in [2.24, 2.45) is 4.99 Å². The summed E-state index contributed by atoms with van der Waals surface area (Å²) in [4.78, 5) is 9.64. The molecular weight excluding hydrogens is 459 g/mol. The summed E-state index contributed by atoms with van der Waals surface area (Å²) in [6.45, 7) is 2.17. The summed E-state index contributed by atoms with van der Waals surface area (Å²) in [6.07, 6.45) is 5.92. The fourth-order valence-corrected chi connectivity index (χ4v) is 3.67. The van der Waals surface area contributed by atoms with Gasteiger partial charge in [0.15, 0.2) is 5.96 Å². The maximum atomic E-state index is 5.63. The summed E-state index contributed by atoms with van der Waals surface area (Å²) in [5.41, 5.74) is 0. The van der Waals surface area contributed by atoms with Crippen LogP contribution >= 0.6 is 35.7 Å². The quantitative estimate of drug-likeness (QED) is 0.260. The molecule has 0 radical (unpaired) electrons. The van der Waals surface area contributed by atoms with Crippen LogP contribution in [0.5, 0.6) is 5.75 Å². The first-order valence-corrected chi connectivity index (χ1v) is 9.33. The smallest absolute Gasteiger partial charge is 0.191 e. The Kier molecular flexibility index (Phi) is 8.50. The minimum absolute atomic E-state index is 0. The van der Waals surface area contributed by atoms with Crippen molar-refractivity contribution in [1.29, 1.82) is 0 Å². The lowest BCUT2D eigenvalue weighted by molar-refractivity contribution is 0.320. The highest BCUT2D eigenvalue weighted by Gasteiger charge is 2.43. The zero-order valence-corrected chi connectivity index (χ0v) is 18.0. The first-order valence-electron chi connectivity index (χ1n) is 8.51. The maximum Gasteiger partial charge on any atom is 0.191 e. The van der Waals surface area contributed by atoms with Crippen LogP contribution in [0.2, 0.25) is 0 Å². The molecule has 1 fully saturated rings. The second kappa shape index (κ2) is 10.6. The number of pyridine rings is 1. The van der Waals surface area contributed by atoms with Crippen molar-refractivity contribution >= 4 is 41.7 Å². The lowest BCUT2D eigenvalue weighted by atomic mass is 10.4. The summed E-state index contributed by atoms with van der Waals surface area (Å²) >= 11 is 1.96. The Bertz CT molecular complexity index is 680. The molecule has 1 saturated carbocycles.